The van der Waals surface area contributed by atoms with Crippen molar-refractivity contribution < 1.29 is 14.8 Å². The summed E-state index contributed by atoms with van der Waals surface area (Å²) in [5.41, 5.74) is 0. The summed E-state index contributed by atoms with van der Waals surface area (Å²) < 4.78 is 0. The highest BCUT2D eigenvalue weighted by Crippen LogP contribution is 2.17. The van der Waals surface area contributed by atoms with Gasteiger partial charge in [-0.1, -0.05) is 32.6 Å². The highest BCUT2D eigenvalue weighted by Gasteiger charge is 2.25. The first-order valence-electron chi connectivity index (χ1n) is 7.38. The number of hydroxylamine groups is 2. The largest absolute Gasteiger partial charge is 0.342 e. The summed E-state index contributed by atoms with van der Waals surface area (Å²) >= 11 is 0. The molecule has 0 saturated carbocycles. The average Bonchev–Trinajstić information content (AvgIpc) is 2.71. The maximum Gasteiger partial charge on any atom is 0.233 e. The number of unbranched alkanes of at least 4 members (excludes halogenated alkanes) is 1. The van der Waals surface area contributed by atoms with E-state index in [1.54, 1.807) is 0 Å². The van der Waals surface area contributed by atoms with E-state index in [4.69, 9.17) is 0 Å². The summed E-state index contributed by atoms with van der Waals surface area (Å²) in [7, 11) is 0. The molecule has 0 aromatic rings. The molecule has 1 rings (SSSR count). The molecule has 0 spiro atoms. The molecule has 19 heavy (non-hydrogen) atoms. The van der Waals surface area contributed by atoms with E-state index in [2.05, 4.69) is 6.92 Å². The van der Waals surface area contributed by atoms with Crippen LogP contribution in [0.4, 0.5) is 0 Å². The van der Waals surface area contributed by atoms with E-state index in [-0.39, 0.29) is 18.4 Å². The zero-order valence-corrected chi connectivity index (χ0v) is 11.9. The van der Waals surface area contributed by atoms with Gasteiger partial charge >= 0.3 is 0 Å². The van der Waals surface area contributed by atoms with Crippen LogP contribution < -0.4 is 0 Å². The Labute approximate surface area is 115 Å². The van der Waals surface area contributed by atoms with Gasteiger partial charge in [-0.05, 0) is 19.3 Å². The molecular weight excluding hydrogens is 244 g/mol. The predicted octanol–water partition coefficient (Wildman–Crippen LogP) is 2.04. The van der Waals surface area contributed by atoms with Gasteiger partial charge in [0.05, 0.1) is 12.5 Å². The van der Waals surface area contributed by atoms with Crippen molar-refractivity contribution in [2.45, 2.75) is 51.9 Å². The molecule has 1 aliphatic rings. The van der Waals surface area contributed by atoms with Crippen LogP contribution in [0.1, 0.15) is 51.9 Å². The molecule has 0 unspecified atom stereocenters. The molecule has 5 nitrogen and oxygen atoms in total. The third-order valence-electron chi connectivity index (χ3n) is 3.70. The fourth-order valence-corrected chi connectivity index (χ4v) is 2.56. The van der Waals surface area contributed by atoms with E-state index in [0.29, 0.717) is 11.5 Å². The molecule has 1 atom stereocenters. The molecule has 0 aromatic carbocycles. The van der Waals surface area contributed by atoms with Crippen LogP contribution in [0.2, 0.25) is 0 Å². The molecule has 1 heterocycles. The lowest BCUT2D eigenvalue weighted by Gasteiger charge is -2.27. The van der Waals surface area contributed by atoms with Crippen molar-refractivity contribution in [3.63, 3.8) is 0 Å². The summed E-state index contributed by atoms with van der Waals surface area (Å²) in [5, 5.41) is 9.92. The van der Waals surface area contributed by atoms with Gasteiger partial charge in [-0.25, -0.2) is 5.06 Å². The molecule has 2 amide bonds. The number of hydrogen-bond donors (Lipinski definition) is 1. The van der Waals surface area contributed by atoms with Crippen LogP contribution in [0.3, 0.4) is 0 Å². The van der Waals surface area contributed by atoms with Crippen molar-refractivity contribution in [2.24, 2.45) is 5.92 Å². The third kappa shape index (κ3) is 5.59. The van der Waals surface area contributed by atoms with Crippen molar-refractivity contribution in [2.75, 3.05) is 19.6 Å². The van der Waals surface area contributed by atoms with Gasteiger partial charge in [-0.3, -0.25) is 14.8 Å². The molecular formula is C14H26N2O3. The Balaban J connectivity index is 2.59. The summed E-state index contributed by atoms with van der Waals surface area (Å²) in [6.07, 6.45) is 7.54. The molecule has 1 fully saturated rings. The molecule has 0 aromatic heterocycles. The van der Waals surface area contributed by atoms with Gasteiger partial charge in [-0.15, -0.1) is 0 Å². The molecule has 0 bridgehead atoms. The van der Waals surface area contributed by atoms with Crippen LogP contribution in [0, 0.1) is 5.92 Å². The summed E-state index contributed by atoms with van der Waals surface area (Å²) in [5.74, 6) is -0.176. The Bertz CT molecular complexity index is 276. The number of carbonyl (C=O) groups is 2. The number of rotatable bonds is 7. The minimum atomic E-state index is -0.270. The number of amides is 2. The Morgan fingerprint density at radius 3 is 2.47 bits per heavy atom. The van der Waals surface area contributed by atoms with Crippen molar-refractivity contribution in [3.8, 4) is 0 Å². The van der Waals surface area contributed by atoms with Crippen LogP contribution in [0.5, 0.6) is 0 Å². The first-order chi connectivity index (χ1) is 9.19. The van der Waals surface area contributed by atoms with Gasteiger partial charge in [0.2, 0.25) is 12.3 Å². The van der Waals surface area contributed by atoms with Gasteiger partial charge < -0.3 is 4.90 Å². The minimum Gasteiger partial charge on any atom is -0.342 e. The van der Waals surface area contributed by atoms with Gasteiger partial charge in [0, 0.05) is 13.1 Å². The van der Waals surface area contributed by atoms with E-state index >= 15 is 0 Å². The van der Waals surface area contributed by atoms with E-state index < -0.39 is 0 Å². The molecule has 0 aliphatic carbocycles. The maximum absolute atomic E-state index is 12.5. The second kappa shape index (κ2) is 8.91. The minimum absolute atomic E-state index is 0.0938. The molecule has 1 aliphatic heterocycles. The highest BCUT2D eigenvalue weighted by atomic mass is 16.5. The molecule has 0 radical (unpaired) electrons. The van der Waals surface area contributed by atoms with Crippen LogP contribution in [0.25, 0.3) is 0 Å². The van der Waals surface area contributed by atoms with Crippen molar-refractivity contribution in [1.82, 2.24) is 9.96 Å². The number of likely N-dealkylation sites (tertiary alicyclic amines) is 1. The zero-order valence-electron chi connectivity index (χ0n) is 11.9. The van der Waals surface area contributed by atoms with E-state index in [9.17, 15) is 14.8 Å². The normalized spacial score (nSPS) is 17.7. The summed E-state index contributed by atoms with van der Waals surface area (Å²) in [6, 6.07) is 0. The first kappa shape index (κ1) is 16.0. The average molecular weight is 270 g/mol. The van der Waals surface area contributed by atoms with Crippen molar-refractivity contribution in [1.29, 1.82) is 0 Å². The van der Waals surface area contributed by atoms with Gasteiger partial charge in [0.1, 0.15) is 0 Å². The zero-order chi connectivity index (χ0) is 14.1. The highest BCUT2D eigenvalue weighted by molar-refractivity contribution is 5.79. The quantitative estimate of drug-likeness (QED) is 0.437. The molecule has 5 heteroatoms. The predicted molar refractivity (Wildman–Crippen MR) is 72.6 cm³/mol. The number of nitrogens with zero attached hydrogens (tertiary/aromatic N) is 2. The Kier molecular flexibility index (Phi) is 7.48. The Morgan fingerprint density at radius 1 is 1.32 bits per heavy atom. The van der Waals surface area contributed by atoms with Crippen LogP contribution in [-0.4, -0.2) is 47.1 Å². The molecule has 110 valence electrons. The third-order valence-corrected chi connectivity index (χ3v) is 3.70. The Morgan fingerprint density at radius 2 is 1.95 bits per heavy atom. The fourth-order valence-electron chi connectivity index (χ4n) is 2.56. The number of carbonyl (C=O) groups excluding carboxylic acids is 2. The SMILES string of the molecule is CCCC[C@H](CN(O)C=O)C(=O)N1CCCCCC1. The van der Waals surface area contributed by atoms with Crippen molar-refractivity contribution in [3.05, 3.63) is 0 Å². The summed E-state index contributed by atoms with van der Waals surface area (Å²) in [4.78, 5) is 24.9. The van der Waals surface area contributed by atoms with E-state index in [1.165, 1.54) is 12.8 Å². The van der Waals surface area contributed by atoms with Crippen LogP contribution in [0.15, 0.2) is 0 Å². The van der Waals surface area contributed by atoms with E-state index in [1.807, 2.05) is 4.90 Å². The lowest BCUT2D eigenvalue weighted by Crippen LogP contribution is -2.41. The Hall–Kier alpha value is -1.10. The topological polar surface area (TPSA) is 60.9 Å². The van der Waals surface area contributed by atoms with E-state index in [0.717, 1.165) is 45.2 Å². The summed E-state index contributed by atoms with van der Waals surface area (Å²) in [6.45, 7) is 3.81. The fraction of sp³-hybridized carbons (Fsp3) is 0.857. The van der Waals surface area contributed by atoms with Crippen LogP contribution in [-0.2, 0) is 9.59 Å². The second-order valence-electron chi connectivity index (χ2n) is 5.31. The first-order valence-corrected chi connectivity index (χ1v) is 7.38. The second-order valence-corrected chi connectivity index (χ2v) is 5.31. The standard InChI is InChI=1S/C14H26N2O3/c1-2-3-8-13(11-16(19)12-17)14(18)15-9-6-4-5-7-10-15/h12-13,19H,2-11H2,1H3/t13-/m1/s1. The lowest BCUT2D eigenvalue weighted by atomic mass is 10.00. The van der Waals surface area contributed by atoms with Gasteiger partial charge in [0.25, 0.3) is 0 Å². The smallest absolute Gasteiger partial charge is 0.233 e. The van der Waals surface area contributed by atoms with Crippen molar-refractivity contribution >= 4 is 12.3 Å². The van der Waals surface area contributed by atoms with Gasteiger partial charge in [-0.2, -0.15) is 0 Å². The molecule has 1 saturated heterocycles. The number of hydrogen-bond acceptors (Lipinski definition) is 3. The molecule has 1 N–H and O–H groups in total. The lowest BCUT2D eigenvalue weighted by molar-refractivity contribution is -0.157. The van der Waals surface area contributed by atoms with Gasteiger partial charge in [0.15, 0.2) is 0 Å². The van der Waals surface area contributed by atoms with Crippen LogP contribution >= 0.6 is 0 Å². The maximum atomic E-state index is 12.5. The monoisotopic (exact) mass is 270 g/mol.